The summed E-state index contributed by atoms with van der Waals surface area (Å²) in [6.45, 7) is 2.94. The van der Waals surface area contributed by atoms with Gasteiger partial charge in [0.2, 0.25) is 17.1 Å². The molecule has 1 aliphatic heterocycles. The fourth-order valence-corrected chi connectivity index (χ4v) is 7.02. The Hall–Kier alpha value is -3.85. The van der Waals surface area contributed by atoms with E-state index in [-0.39, 0.29) is 18.8 Å². The number of nitrogens with one attached hydrogen (secondary N) is 1. The van der Waals surface area contributed by atoms with Gasteiger partial charge >= 0.3 is 0 Å². The van der Waals surface area contributed by atoms with Crippen molar-refractivity contribution in [3.8, 4) is 16.9 Å². The second-order valence-corrected chi connectivity index (χ2v) is 14.5. The van der Waals surface area contributed by atoms with E-state index in [9.17, 15) is 26.5 Å². The van der Waals surface area contributed by atoms with Crippen LogP contribution in [-0.4, -0.2) is 51.1 Å². The molecule has 250 valence electrons. The highest BCUT2D eigenvalue weighted by molar-refractivity contribution is 7.86. The second-order valence-electron chi connectivity index (χ2n) is 11.3. The summed E-state index contributed by atoms with van der Waals surface area (Å²) in [5.74, 6) is 0.651. The van der Waals surface area contributed by atoms with Crippen molar-refractivity contribution < 1.29 is 40.1 Å². The zero-order valence-corrected chi connectivity index (χ0v) is 27.8. The summed E-state index contributed by atoms with van der Waals surface area (Å²) in [4.78, 5) is 2.03. The van der Waals surface area contributed by atoms with Gasteiger partial charge in [0.25, 0.3) is 10.1 Å². The van der Waals surface area contributed by atoms with Gasteiger partial charge in [-0.25, -0.2) is 8.42 Å². The number of nitrogens with zero attached hydrogens (tertiary/aromatic N) is 2. The quantitative estimate of drug-likeness (QED) is 0.0752. The molecule has 0 amide bonds. The highest BCUT2D eigenvalue weighted by Crippen LogP contribution is 2.42. The van der Waals surface area contributed by atoms with Crippen LogP contribution in [0.3, 0.4) is 0 Å². The molecule has 0 spiro atoms. The molecule has 0 bridgehead atoms. The lowest BCUT2D eigenvalue weighted by Crippen LogP contribution is -2.38. The van der Waals surface area contributed by atoms with Gasteiger partial charge in [0.05, 0.1) is 34.2 Å². The number of hydrogen-bond acceptors (Lipinski definition) is 10. The Morgan fingerprint density at radius 1 is 0.915 bits per heavy atom. The molecule has 0 unspecified atom stereocenters. The lowest BCUT2D eigenvalue weighted by Gasteiger charge is -2.19. The zero-order chi connectivity index (χ0) is 33.4. The Morgan fingerprint density at radius 3 is 2.45 bits per heavy atom. The average molecular weight is 682 g/mol. The summed E-state index contributed by atoms with van der Waals surface area (Å²) in [5, 5.41) is 10.6. The van der Waals surface area contributed by atoms with Gasteiger partial charge < -0.3 is 19.3 Å². The van der Waals surface area contributed by atoms with Crippen molar-refractivity contribution in [1.82, 2.24) is 5.48 Å². The molecule has 47 heavy (non-hydrogen) atoms. The number of aryl methyl sites for hydroxylation is 1. The monoisotopic (exact) mass is 681 g/mol. The first-order valence-electron chi connectivity index (χ1n) is 15.6. The van der Waals surface area contributed by atoms with Crippen molar-refractivity contribution in [3.05, 3.63) is 96.0 Å². The molecular weight excluding hydrogens is 643 g/mol. The van der Waals surface area contributed by atoms with Crippen LogP contribution in [0.1, 0.15) is 43.9 Å². The average Bonchev–Trinajstić information content (AvgIpc) is 3.40. The molecule has 0 fully saturated rings. The molecule has 0 radical (unpaired) electrons. The summed E-state index contributed by atoms with van der Waals surface area (Å²) < 4.78 is 71.4. The summed E-state index contributed by atoms with van der Waals surface area (Å²) in [6.07, 6.45) is 3.50. The molecule has 13 heteroatoms. The van der Waals surface area contributed by atoms with E-state index < -0.39 is 26.0 Å². The molecule has 3 aromatic carbocycles. The molecule has 1 aromatic heterocycles. The summed E-state index contributed by atoms with van der Waals surface area (Å²) in [7, 11) is -8.03. The third kappa shape index (κ3) is 9.15. The van der Waals surface area contributed by atoms with Gasteiger partial charge in [0.1, 0.15) is 6.54 Å². The largest absolute Gasteiger partial charge is 0.748 e. The van der Waals surface area contributed by atoms with Crippen LogP contribution in [0.5, 0.6) is 5.75 Å². The number of anilines is 1. The van der Waals surface area contributed by atoms with Gasteiger partial charge in [-0.15, -0.1) is 0 Å². The van der Waals surface area contributed by atoms with Crippen molar-refractivity contribution in [2.75, 3.05) is 29.5 Å². The summed E-state index contributed by atoms with van der Waals surface area (Å²) in [6, 6.07) is 25.5. The molecule has 0 saturated carbocycles. The van der Waals surface area contributed by atoms with E-state index in [1.807, 2.05) is 88.3 Å². The van der Waals surface area contributed by atoms with Crippen molar-refractivity contribution in [1.29, 1.82) is 0 Å². The van der Waals surface area contributed by atoms with Crippen molar-refractivity contribution in [3.63, 3.8) is 0 Å². The third-order valence-corrected chi connectivity index (χ3v) is 9.75. The number of aromatic nitrogens is 1. The minimum atomic E-state index is -4.32. The highest BCUT2D eigenvalue weighted by Gasteiger charge is 2.29. The first-order valence-corrected chi connectivity index (χ1v) is 18.7. The minimum Gasteiger partial charge on any atom is -0.748 e. The molecule has 0 saturated heterocycles. The van der Waals surface area contributed by atoms with Crippen LogP contribution in [0.25, 0.3) is 28.1 Å². The number of unbranched alkanes of at least 4 members (excludes halogenated alkanes) is 2. The normalized spacial score (nSPS) is 14.1. The van der Waals surface area contributed by atoms with Crippen molar-refractivity contribution in [2.24, 2.45) is 0 Å². The topological polar surface area (TPSA) is 149 Å². The number of rotatable bonds is 16. The van der Waals surface area contributed by atoms with E-state index in [2.05, 4.69) is 11.5 Å². The fourth-order valence-electron chi connectivity index (χ4n) is 5.53. The Morgan fingerprint density at radius 2 is 1.70 bits per heavy atom. The second kappa shape index (κ2) is 15.4. The molecule has 2 heterocycles. The van der Waals surface area contributed by atoms with E-state index >= 15 is 0 Å². The van der Waals surface area contributed by atoms with Gasteiger partial charge in [-0.1, -0.05) is 49.4 Å². The Kier molecular flexibility index (Phi) is 11.3. The highest BCUT2D eigenvalue weighted by atomic mass is 32.2. The number of hydrogen-bond donors (Lipinski definition) is 2. The molecule has 2 N–H and O–H groups in total. The Labute approximate surface area is 275 Å². The van der Waals surface area contributed by atoms with Crippen LogP contribution >= 0.6 is 0 Å². The molecule has 1 aliphatic rings. The number of fused-ring (bicyclic) bond motifs is 2. The summed E-state index contributed by atoms with van der Waals surface area (Å²) >= 11 is 0. The maximum absolute atomic E-state index is 12.2. The lowest BCUT2D eigenvalue weighted by molar-refractivity contribution is -0.673. The fraction of sp³-hybridized carbons (Fsp3) is 0.324. The molecular formula is C34H39N3O8S2. The zero-order valence-electron chi connectivity index (χ0n) is 26.2. The van der Waals surface area contributed by atoms with Crippen LogP contribution in [0.4, 0.5) is 5.69 Å². The van der Waals surface area contributed by atoms with Crippen LogP contribution in [0, 0.1) is 0 Å². The van der Waals surface area contributed by atoms with E-state index in [4.69, 9.17) is 9.02 Å². The minimum absolute atomic E-state index is 0.0995. The number of benzene rings is 3. The van der Waals surface area contributed by atoms with Crippen LogP contribution in [0.2, 0.25) is 0 Å². The van der Waals surface area contributed by atoms with Crippen LogP contribution < -0.4 is 19.7 Å². The van der Waals surface area contributed by atoms with Crippen LogP contribution in [-0.2, 0) is 37.7 Å². The molecule has 0 atom stereocenters. The summed E-state index contributed by atoms with van der Waals surface area (Å²) in [5.41, 5.74) is 7.74. The van der Waals surface area contributed by atoms with Gasteiger partial charge in [-0.05, 0) is 60.2 Å². The van der Waals surface area contributed by atoms with Gasteiger partial charge in [-0.3, -0.25) is 0 Å². The van der Waals surface area contributed by atoms with Gasteiger partial charge in [0.15, 0.2) is 5.75 Å². The van der Waals surface area contributed by atoms with Crippen molar-refractivity contribution >= 4 is 42.9 Å². The smallest absolute Gasteiger partial charge is 0.283 e. The maximum Gasteiger partial charge on any atom is 0.283 e. The SMILES string of the molecule is CCNOS(=O)(=O)CCCCN1/C(=C/c2ccc3cc(CO)ccc3[n+]2CCCCS(=O)(=O)[O-])Oc2ccc(-c3ccccc3)cc21. The third-order valence-electron chi connectivity index (χ3n) is 7.80. The molecule has 11 nitrogen and oxygen atoms in total. The maximum atomic E-state index is 12.2. The molecule has 5 rings (SSSR count). The van der Waals surface area contributed by atoms with Crippen LogP contribution in [0.15, 0.2) is 84.7 Å². The van der Waals surface area contributed by atoms with Gasteiger partial charge in [-0.2, -0.15) is 22.7 Å². The number of aliphatic hydroxyl groups excluding tert-OH is 1. The number of ether oxygens (including phenoxy) is 1. The first kappa shape index (κ1) is 34.5. The Bertz CT molecular complexity index is 1950. The molecule has 0 aliphatic carbocycles. The number of pyridine rings is 1. The van der Waals surface area contributed by atoms with E-state index in [1.54, 1.807) is 6.92 Å². The number of aliphatic hydroxyl groups is 1. The van der Waals surface area contributed by atoms with E-state index in [0.29, 0.717) is 50.5 Å². The van der Waals surface area contributed by atoms with Gasteiger partial charge in [0, 0.05) is 42.8 Å². The Balaban J connectivity index is 1.49. The molecule has 4 aromatic rings. The first-order chi connectivity index (χ1) is 22.6. The van der Waals surface area contributed by atoms with E-state index in [0.717, 1.165) is 39.0 Å². The lowest BCUT2D eigenvalue weighted by atomic mass is 10.0. The standard InChI is InChI=1S/C34H39N3O8S2/c1-2-35-45-47(42,43)21-9-7-19-37-32-23-28(27-10-4-3-5-11-27)14-17-33(32)44-34(37)24-30-15-13-29-22-26(25-38)12-16-31(29)36(30)18-6-8-20-46(39,40)41/h3-5,10-17,22-24,35,38H,2,6-9,18-21,25H2,1H3. The van der Waals surface area contributed by atoms with E-state index in [1.165, 1.54) is 0 Å². The predicted molar refractivity (Wildman–Crippen MR) is 179 cm³/mol. The van der Waals surface area contributed by atoms with Crippen molar-refractivity contribution in [2.45, 2.75) is 45.8 Å². The number of hydroxylamine groups is 1. The predicted octanol–water partition coefficient (Wildman–Crippen LogP) is 4.46.